The van der Waals surface area contributed by atoms with Crippen LogP contribution in [0.2, 0.25) is 0 Å². The van der Waals surface area contributed by atoms with Crippen LogP contribution in [0, 0.1) is 12.3 Å². The molecule has 0 atom stereocenters. The molecule has 0 saturated carbocycles. The first kappa shape index (κ1) is 8.86. The van der Waals surface area contributed by atoms with E-state index in [2.05, 4.69) is 5.92 Å². The van der Waals surface area contributed by atoms with Gasteiger partial charge in [0.1, 0.15) is 0 Å². The van der Waals surface area contributed by atoms with E-state index >= 15 is 0 Å². The van der Waals surface area contributed by atoms with Crippen molar-refractivity contribution in [2.45, 2.75) is 19.3 Å². The number of hydrogen-bond donors (Lipinski definition) is 0. The summed E-state index contributed by atoms with van der Waals surface area (Å²) in [4.78, 5) is 13.2. The van der Waals surface area contributed by atoms with Gasteiger partial charge in [-0.15, -0.1) is 6.42 Å². The second-order valence-corrected chi connectivity index (χ2v) is 2.96. The Balaban J connectivity index is 2.66. The first-order valence-corrected chi connectivity index (χ1v) is 4.13. The van der Waals surface area contributed by atoms with E-state index in [9.17, 15) is 4.79 Å². The Hall–Kier alpha value is -1.23. The largest absolute Gasteiger partial charge is 0.361 e. The summed E-state index contributed by atoms with van der Waals surface area (Å²) in [5, 5.41) is 0. The minimum absolute atomic E-state index is 0.221. The van der Waals surface area contributed by atoms with Gasteiger partial charge in [-0.2, -0.15) is 0 Å². The van der Waals surface area contributed by atoms with Crippen molar-refractivity contribution in [3.63, 3.8) is 0 Å². The first-order valence-electron chi connectivity index (χ1n) is 4.13. The number of hydrogen-bond acceptors (Lipinski definition) is 2. The van der Waals surface area contributed by atoms with Crippen molar-refractivity contribution in [3.05, 3.63) is 11.8 Å². The van der Waals surface area contributed by atoms with Crippen LogP contribution in [0.5, 0.6) is 0 Å². The molecule has 0 bridgehead atoms. The second kappa shape index (κ2) is 3.96. The van der Waals surface area contributed by atoms with E-state index < -0.39 is 0 Å². The van der Waals surface area contributed by atoms with E-state index in [1.54, 1.807) is 0 Å². The molecule has 2 heteroatoms. The Bertz CT molecular complexity index is 247. The van der Waals surface area contributed by atoms with Gasteiger partial charge >= 0.3 is 0 Å². The van der Waals surface area contributed by atoms with Crippen LogP contribution in [0.15, 0.2) is 11.8 Å². The quantitative estimate of drug-likeness (QED) is 0.570. The molecule has 0 unspecified atom stereocenters. The zero-order valence-electron chi connectivity index (χ0n) is 7.34. The number of terminal acetylenes is 1. The highest BCUT2D eigenvalue weighted by molar-refractivity contribution is 5.95. The van der Waals surface area contributed by atoms with Gasteiger partial charge in [-0.25, -0.2) is 0 Å². The lowest BCUT2D eigenvalue weighted by Crippen LogP contribution is -2.25. The highest BCUT2D eigenvalue weighted by Crippen LogP contribution is 2.15. The van der Waals surface area contributed by atoms with E-state index in [-0.39, 0.29) is 5.78 Å². The molecule has 0 aromatic carbocycles. The summed E-state index contributed by atoms with van der Waals surface area (Å²) in [5.41, 5.74) is 0.791. The maximum absolute atomic E-state index is 11.3. The minimum Gasteiger partial charge on any atom is -0.361 e. The molecule has 0 saturated heterocycles. The van der Waals surface area contributed by atoms with E-state index in [0.29, 0.717) is 13.0 Å². The number of carbonyl (C=O) groups is 1. The Morgan fingerprint density at radius 2 is 2.50 bits per heavy atom. The summed E-state index contributed by atoms with van der Waals surface area (Å²) in [6.45, 7) is 0.511. The summed E-state index contributed by atoms with van der Waals surface area (Å²) in [7, 11) is 1.86. The Morgan fingerprint density at radius 1 is 1.75 bits per heavy atom. The maximum Gasteiger partial charge on any atom is 0.178 e. The molecule has 0 N–H and O–H groups in total. The topological polar surface area (TPSA) is 20.3 Å². The van der Waals surface area contributed by atoms with Crippen LogP contribution in [0.3, 0.4) is 0 Å². The lowest BCUT2D eigenvalue weighted by molar-refractivity contribution is -0.117. The van der Waals surface area contributed by atoms with Gasteiger partial charge < -0.3 is 4.90 Å². The van der Waals surface area contributed by atoms with Crippen LogP contribution >= 0.6 is 0 Å². The van der Waals surface area contributed by atoms with Crippen molar-refractivity contribution >= 4 is 5.78 Å². The number of carbonyl (C=O) groups excluding carboxylic acids is 1. The average Bonchev–Trinajstić information content (AvgIpc) is 2.05. The number of rotatable bonds is 2. The standard InChI is InChI=1S/C10H13NO/c1-3-8-11(2)9-6-4-5-7-10(9)12/h1,6H,4-5,7-8H2,2H3. The van der Waals surface area contributed by atoms with Gasteiger partial charge in [-0.1, -0.05) is 12.0 Å². The Labute approximate surface area is 73.2 Å². The monoisotopic (exact) mass is 163 g/mol. The maximum atomic E-state index is 11.3. The molecule has 12 heavy (non-hydrogen) atoms. The number of ketones is 1. The van der Waals surface area contributed by atoms with Gasteiger partial charge in [0, 0.05) is 13.5 Å². The minimum atomic E-state index is 0.221. The Morgan fingerprint density at radius 3 is 3.08 bits per heavy atom. The summed E-state index contributed by atoms with van der Waals surface area (Å²) in [6.07, 6.45) is 9.77. The third kappa shape index (κ3) is 1.88. The molecule has 1 rings (SSSR count). The van der Waals surface area contributed by atoms with E-state index in [1.807, 2.05) is 18.0 Å². The smallest absolute Gasteiger partial charge is 0.178 e. The average molecular weight is 163 g/mol. The van der Waals surface area contributed by atoms with E-state index in [4.69, 9.17) is 6.42 Å². The van der Waals surface area contributed by atoms with Gasteiger partial charge in [0.25, 0.3) is 0 Å². The molecule has 0 aliphatic heterocycles. The molecule has 0 amide bonds. The predicted octanol–water partition coefficient (Wildman–Crippen LogP) is 1.19. The molecular weight excluding hydrogens is 150 g/mol. The second-order valence-electron chi connectivity index (χ2n) is 2.96. The fraction of sp³-hybridized carbons (Fsp3) is 0.500. The van der Waals surface area contributed by atoms with Gasteiger partial charge in [0.05, 0.1) is 12.2 Å². The van der Waals surface area contributed by atoms with Crippen molar-refractivity contribution in [1.82, 2.24) is 4.90 Å². The first-order chi connectivity index (χ1) is 5.75. The number of nitrogens with zero attached hydrogens (tertiary/aromatic N) is 1. The van der Waals surface area contributed by atoms with Crippen molar-refractivity contribution < 1.29 is 4.79 Å². The molecule has 1 aliphatic carbocycles. The van der Waals surface area contributed by atoms with Crippen molar-refractivity contribution in [3.8, 4) is 12.3 Å². The van der Waals surface area contributed by atoms with Gasteiger partial charge in [0.15, 0.2) is 5.78 Å². The van der Waals surface area contributed by atoms with Gasteiger partial charge in [-0.05, 0) is 12.8 Å². The molecule has 0 radical (unpaired) electrons. The summed E-state index contributed by atoms with van der Waals surface area (Å²) < 4.78 is 0. The molecule has 0 aromatic rings. The van der Waals surface area contributed by atoms with Gasteiger partial charge in [0.2, 0.25) is 0 Å². The highest BCUT2D eigenvalue weighted by Gasteiger charge is 2.15. The summed E-state index contributed by atoms with van der Waals surface area (Å²) in [6, 6.07) is 0. The molecule has 0 fully saturated rings. The summed E-state index contributed by atoms with van der Waals surface area (Å²) in [5.74, 6) is 2.74. The van der Waals surface area contributed by atoms with E-state index in [0.717, 1.165) is 18.5 Å². The third-order valence-corrected chi connectivity index (χ3v) is 1.97. The van der Waals surface area contributed by atoms with E-state index in [1.165, 1.54) is 0 Å². The molecule has 64 valence electrons. The zero-order chi connectivity index (χ0) is 8.97. The third-order valence-electron chi connectivity index (χ3n) is 1.97. The van der Waals surface area contributed by atoms with Crippen molar-refractivity contribution in [2.75, 3.05) is 13.6 Å². The van der Waals surface area contributed by atoms with Crippen LogP contribution in [0.4, 0.5) is 0 Å². The van der Waals surface area contributed by atoms with Crippen molar-refractivity contribution in [1.29, 1.82) is 0 Å². The molecule has 0 spiro atoms. The van der Waals surface area contributed by atoms with Crippen LogP contribution < -0.4 is 0 Å². The molecule has 1 aliphatic rings. The van der Waals surface area contributed by atoms with Crippen molar-refractivity contribution in [2.24, 2.45) is 0 Å². The number of Topliss-reactive ketones (excluding diaryl/α,β-unsaturated/α-hetero) is 1. The lowest BCUT2D eigenvalue weighted by Gasteiger charge is -2.21. The lowest BCUT2D eigenvalue weighted by atomic mass is 10.0. The van der Waals surface area contributed by atoms with Crippen LogP contribution in [0.25, 0.3) is 0 Å². The Kier molecular flexibility index (Phi) is 2.93. The normalized spacial score (nSPS) is 16.7. The molecule has 0 aromatic heterocycles. The number of likely N-dealkylation sites (N-methyl/N-ethyl adjacent to an activating group) is 1. The fourth-order valence-corrected chi connectivity index (χ4v) is 1.33. The predicted molar refractivity (Wildman–Crippen MR) is 48.4 cm³/mol. The van der Waals surface area contributed by atoms with Crippen LogP contribution in [-0.2, 0) is 4.79 Å². The SMILES string of the molecule is C#CCN(C)C1=CCCCC1=O. The fourth-order valence-electron chi connectivity index (χ4n) is 1.33. The highest BCUT2D eigenvalue weighted by atomic mass is 16.1. The molecule has 0 heterocycles. The zero-order valence-corrected chi connectivity index (χ0v) is 7.34. The van der Waals surface area contributed by atoms with Gasteiger partial charge in [-0.3, -0.25) is 4.79 Å². The van der Waals surface area contributed by atoms with Crippen LogP contribution in [-0.4, -0.2) is 24.3 Å². The van der Waals surface area contributed by atoms with Crippen LogP contribution in [0.1, 0.15) is 19.3 Å². The summed E-state index contributed by atoms with van der Waals surface area (Å²) >= 11 is 0. The molecular formula is C10H13NO. The number of allylic oxidation sites excluding steroid dienone is 2. The molecule has 2 nitrogen and oxygen atoms in total.